The Kier molecular flexibility index (Phi) is 3.66. The largest absolute Gasteiger partial charge is 0.373 e. The molecule has 1 aliphatic heterocycles. The zero-order chi connectivity index (χ0) is 14.1. The summed E-state index contributed by atoms with van der Waals surface area (Å²) in [6.07, 6.45) is 4.36. The van der Waals surface area contributed by atoms with E-state index in [1.807, 2.05) is 12.1 Å². The molecule has 106 valence electrons. The summed E-state index contributed by atoms with van der Waals surface area (Å²) in [6, 6.07) is 6.84. The summed E-state index contributed by atoms with van der Waals surface area (Å²) in [5, 5.41) is 3.78. The first-order chi connectivity index (χ1) is 9.65. The number of rotatable bonds is 3. The number of halogens is 1. The topological polar surface area (TPSA) is 49.4 Å². The predicted octanol–water partition coefficient (Wildman–Crippen LogP) is 2.82. The van der Waals surface area contributed by atoms with Gasteiger partial charge in [-0.1, -0.05) is 24.4 Å². The Morgan fingerprint density at radius 3 is 2.40 bits per heavy atom. The van der Waals surface area contributed by atoms with Crippen LogP contribution in [-0.2, 0) is 9.59 Å². The lowest BCUT2D eigenvalue weighted by Gasteiger charge is -2.22. The molecule has 2 aliphatic rings. The standard InChI is InChI=1S/C15H17ClN2O2/c16-10-5-7-11(8-6-10)17-13-9-14(19)18(15(13)20)12-3-1-2-4-12/h5-8,12-13,17H,1-4,9H2. The number of carbonyl (C=O) groups excluding carboxylic acids is 2. The number of likely N-dealkylation sites (tertiary alicyclic amines) is 1. The van der Waals surface area contributed by atoms with E-state index >= 15 is 0 Å². The van der Waals surface area contributed by atoms with Gasteiger partial charge in [0.2, 0.25) is 5.91 Å². The highest BCUT2D eigenvalue weighted by Crippen LogP contribution is 2.29. The third-order valence-corrected chi connectivity index (χ3v) is 4.31. The molecule has 2 fully saturated rings. The maximum Gasteiger partial charge on any atom is 0.252 e. The van der Waals surface area contributed by atoms with Gasteiger partial charge in [0.1, 0.15) is 6.04 Å². The summed E-state index contributed by atoms with van der Waals surface area (Å²) in [4.78, 5) is 25.9. The van der Waals surface area contributed by atoms with E-state index in [-0.39, 0.29) is 24.3 Å². The molecule has 0 radical (unpaired) electrons. The molecule has 5 heteroatoms. The zero-order valence-electron chi connectivity index (χ0n) is 11.1. The summed E-state index contributed by atoms with van der Waals surface area (Å²) in [7, 11) is 0. The van der Waals surface area contributed by atoms with Crippen molar-refractivity contribution in [3.8, 4) is 0 Å². The van der Waals surface area contributed by atoms with E-state index in [0.29, 0.717) is 5.02 Å². The second-order valence-electron chi connectivity index (χ2n) is 5.45. The molecule has 20 heavy (non-hydrogen) atoms. The van der Waals surface area contributed by atoms with Gasteiger partial charge < -0.3 is 5.32 Å². The Balaban J connectivity index is 1.70. The van der Waals surface area contributed by atoms with Crippen LogP contribution < -0.4 is 5.32 Å². The summed E-state index contributed by atoms with van der Waals surface area (Å²) in [5.41, 5.74) is 0.814. The summed E-state index contributed by atoms with van der Waals surface area (Å²) < 4.78 is 0. The van der Waals surface area contributed by atoms with Crippen LogP contribution in [0.4, 0.5) is 5.69 Å². The van der Waals surface area contributed by atoms with E-state index in [4.69, 9.17) is 11.6 Å². The summed E-state index contributed by atoms with van der Waals surface area (Å²) in [5.74, 6) is -0.134. The highest BCUT2D eigenvalue weighted by Gasteiger charge is 2.42. The van der Waals surface area contributed by atoms with E-state index in [1.54, 1.807) is 12.1 Å². The molecule has 1 aromatic rings. The minimum atomic E-state index is -0.440. The number of anilines is 1. The Hall–Kier alpha value is -1.55. The van der Waals surface area contributed by atoms with E-state index in [2.05, 4.69) is 5.32 Å². The lowest BCUT2D eigenvalue weighted by molar-refractivity contribution is -0.141. The molecule has 0 spiro atoms. The van der Waals surface area contributed by atoms with Crippen LogP contribution in [0.1, 0.15) is 32.1 Å². The molecule has 0 aromatic heterocycles. The van der Waals surface area contributed by atoms with Gasteiger partial charge >= 0.3 is 0 Å². The third-order valence-electron chi connectivity index (χ3n) is 4.06. The quantitative estimate of drug-likeness (QED) is 0.872. The van der Waals surface area contributed by atoms with Crippen molar-refractivity contribution in [3.05, 3.63) is 29.3 Å². The highest BCUT2D eigenvalue weighted by atomic mass is 35.5. The number of nitrogens with zero attached hydrogens (tertiary/aromatic N) is 1. The minimum Gasteiger partial charge on any atom is -0.373 e. The number of hydrogen-bond donors (Lipinski definition) is 1. The number of carbonyl (C=O) groups is 2. The van der Waals surface area contributed by atoms with Gasteiger partial charge in [0, 0.05) is 16.8 Å². The van der Waals surface area contributed by atoms with Gasteiger partial charge in [-0.3, -0.25) is 14.5 Å². The van der Waals surface area contributed by atoms with Crippen molar-refractivity contribution in [2.45, 2.75) is 44.2 Å². The smallest absolute Gasteiger partial charge is 0.252 e. The first-order valence-electron chi connectivity index (χ1n) is 7.03. The fourth-order valence-electron chi connectivity index (χ4n) is 3.06. The van der Waals surface area contributed by atoms with E-state index in [9.17, 15) is 9.59 Å². The fourth-order valence-corrected chi connectivity index (χ4v) is 3.18. The minimum absolute atomic E-state index is 0.0478. The van der Waals surface area contributed by atoms with Gasteiger partial charge in [0.15, 0.2) is 0 Å². The molecular formula is C15H17ClN2O2. The molecule has 1 saturated heterocycles. The Labute approximate surface area is 123 Å². The molecule has 1 unspecified atom stereocenters. The number of amides is 2. The van der Waals surface area contributed by atoms with Crippen molar-refractivity contribution in [1.82, 2.24) is 4.90 Å². The SMILES string of the molecule is O=C1CC(Nc2ccc(Cl)cc2)C(=O)N1C1CCCC1. The van der Waals surface area contributed by atoms with Crippen molar-refractivity contribution in [1.29, 1.82) is 0 Å². The van der Waals surface area contributed by atoms with Gasteiger partial charge in [-0.15, -0.1) is 0 Å². The average molecular weight is 293 g/mol. The second kappa shape index (κ2) is 5.44. The van der Waals surface area contributed by atoms with Crippen LogP contribution in [0.5, 0.6) is 0 Å². The van der Waals surface area contributed by atoms with Crippen LogP contribution in [0.25, 0.3) is 0 Å². The lowest BCUT2D eigenvalue weighted by atomic mass is 10.2. The van der Waals surface area contributed by atoms with Crippen molar-refractivity contribution in [2.75, 3.05) is 5.32 Å². The first-order valence-corrected chi connectivity index (χ1v) is 7.41. The molecule has 1 atom stereocenters. The fraction of sp³-hybridized carbons (Fsp3) is 0.467. The molecule has 1 aromatic carbocycles. The van der Waals surface area contributed by atoms with Crippen molar-refractivity contribution in [3.63, 3.8) is 0 Å². The molecule has 1 heterocycles. The normalized spacial score (nSPS) is 23.6. The van der Waals surface area contributed by atoms with Gasteiger partial charge in [0.05, 0.1) is 6.42 Å². The Bertz CT molecular complexity index is 523. The van der Waals surface area contributed by atoms with Crippen molar-refractivity contribution >= 4 is 29.1 Å². The van der Waals surface area contributed by atoms with Crippen LogP contribution >= 0.6 is 11.6 Å². The lowest BCUT2D eigenvalue weighted by Crippen LogP contribution is -2.40. The Morgan fingerprint density at radius 2 is 1.75 bits per heavy atom. The number of imide groups is 1. The van der Waals surface area contributed by atoms with Crippen LogP contribution in [0.15, 0.2) is 24.3 Å². The zero-order valence-corrected chi connectivity index (χ0v) is 11.9. The van der Waals surface area contributed by atoms with Crippen LogP contribution in [0.3, 0.4) is 0 Å². The van der Waals surface area contributed by atoms with Crippen molar-refractivity contribution < 1.29 is 9.59 Å². The predicted molar refractivity (Wildman–Crippen MR) is 77.6 cm³/mol. The number of nitrogens with one attached hydrogen (secondary N) is 1. The molecule has 1 saturated carbocycles. The van der Waals surface area contributed by atoms with E-state index in [0.717, 1.165) is 31.4 Å². The molecule has 2 amide bonds. The molecular weight excluding hydrogens is 276 g/mol. The molecule has 1 aliphatic carbocycles. The monoisotopic (exact) mass is 292 g/mol. The van der Waals surface area contributed by atoms with Crippen LogP contribution in [0, 0.1) is 0 Å². The van der Waals surface area contributed by atoms with Gasteiger partial charge in [-0.05, 0) is 37.1 Å². The van der Waals surface area contributed by atoms with Crippen molar-refractivity contribution in [2.24, 2.45) is 0 Å². The van der Waals surface area contributed by atoms with Gasteiger partial charge in [-0.2, -0.15) is 0 Å². The number of hydrogen-bond acceptors (Lipinski definition) is 3. The van der Waals surface area contributed by atoms with Crippen LogP contribution in [0.2, 0.25) is 5.02 Å². The highest BCUT2D eigenvalue weighted by molar-refractivity contribution is 6.30. The first kappa shape index (κ1) is 13.4. The Morgan fingerprint density at radius 1 is 1.10 bits per heavy atom. The second-order valence-corrected chi connectivity index (χ2v) is 5.88. The molecule has 1 N–H and O–H groups in total. The van der Waals surface area contributed by atoms with Gasteiger partial charge in [0.25, 0.3) is 5.91 Å². The molecule has 3 rings (SSSR count). The van der Waals surface area contributed by atoms with Gasteiger partial charge in [-0.25, -0.2) is 0 Å². The number of benzene rings is 1. The average Bonchev–Trinajstić information content (AvgIpc) is 3.02. The molecule has 0 bridgehead atoms. The summed E-state index contributed by atoms with van der Waals surface area (Å²) >= 11 is 5.83. The van der Waals surface area contributed by atoms with Crippen LogP contribution in [-0.4, -0.2) is 28.8 Å². The van der Waals surface area contributed by atoms with E-state index in [1.165, 1.54) is 4.90 Å². The van der Waals surface area contributed by atoms with E-state index < -0.39 is 6.04 Å². The maximum absolute atomic E-state index is 12.4. The molecule has 4 nitrogen and oxygen atoms in total. The third kappa shape index (κ3) is 2.52. The maximum atomic E-state index is 12.4. The summed E-state index contributed by atoms with van der Waals surface area (Å²) in [6.45, 7) is 0.